The third kappa shape index (κ3) is 2.91. The van der Waals surface area contributed by atoms with Gasteiger partial charge in [0.25, 0.3) is 0 Å². The molecule has 0 spiro atoms. The summed E-state index contributed by atoms with van der Waals surface area (Å²) in [6, 6.07) is 10.3. The first-order chi connectivity index (χ1) is 13.6. The van der Waals surface area contributed by atoms with Crippen molar-refractivity contribution in [1.29, 1.82) is 0 Å². The zero-order chi connectivity index (χ0) is 19.3. The number of phenolic OH excluding ortho intramolecular Hbond substituents is 1. The van der Waals surface area contributed by atoms with Gasteiger partial charge in [-0.15, -0.1) is 0 Å². The van der Waals surface area contributed by atoms with Gasteiger partial charge < -0.3 is 10.0 Å². The zero-order valence-electron chi connectivity index (χ0n) is 16.4. The van der Waals surface area contributed by atoms with E-state index in [1.165, 1.54) is 12.8 Å². The Bertz CT molecular complexity index is 871. The van der Waals surface area contributed by atoms with E-state index in [0.29, 0.717) is 36.7 Å². The fraction of sp³-hybridized carbons (Fsp3) is 0.545. The molecule has 2 bridgehead atoms. The Morgan fingerprint density at radius 1 is 1.21 bits per heavy atom. The monoisotopic (exact) mass is 380 g/mol. The summed E-state index contributed by atoms with van der Waals surface area (Å²) in [6.45, 7) is 5.68. The SMILES string of the molecule is Cc1ccnn1CCC(=O)N1CC(c2cccc(O)c2)C2C1C1CCN2CC1. The van der Waals surface area contributed by atoms with Gasteiger partial charge in [-0.25, -0.2) is 0 Å². The van der Waals surface area contributed by atoms with Crippen LogP contribution >= 0.6 is 0 Å². The Morgan fingerprint density at radius 2 is 2.04 bits per heavy atom. The van der Waals surface area contributed by atoms with Crippen molar-refractivity contribution in [3.63, 3.8) is 0 Å². The normalized spacial score (nSPS) is 31.2. The number of carbonyl (C=O) groups is 1. The van der Waals surface area contributed by atoms with Crippen molar-refractivity contribution in [3.05, 3.63) is 47.8 Å². The summed E-state index contributed by atoms with van der Waals surface area (Å²) in [5.74, 6) is 1.42. The molecule has 0 radical (unpaired) electrons. The van der Waals surface area contributed by atoms with Crippen LogP contribution in [-0.2, 0) is 11.3 Å². The number of aryl methyl sites for hydroxylation is 2. The van der Waals surface area contributed by atoms with Gasteiger partial charge in [0.2, 0.25) is 5.91 Å². The lowest BCUT2D eigenvalue weighted by Gasteiger charge is -2.51. The molecule has 4 aliphatic heterocycles. The number of aromatic hydroxyl groups is 1. The summed E-state index contributed by atoms with van der Waals surface area (Å²) >= 11 is 0. The molecule has 3 atom stereocenters. The molecule has 2 aromatic rings. The molecule has 28 heavy (non-hydrogen) atoms. The number of nitrogens with zero attached hydrogens (tertiary/aromatic N) is 4. The third-order valence-corrected chi connectivity index (χ3v) is 7.08. The second kappa shape index (κ2) is 6.92. The van der Waals surface area contributed by atoms with Gasteiger partial charge >= 0.3 is 0 Å². The Balaban J connectivity index is 1.40. The number of carbonyl (C=O) groups excluding carboxylic acids is 1. The van der Waals surface area contributed by atoms with Gasteiger partial charge in [-0.1, -0.05) is 12.1 Å². The highest BCUT2D eigenvalue weighted by molar-refractivity contribution is 5.77. The Kier molecular flexibility index (Phi) is 4.38. The minimum absolute atomic E-state index is 0.237. The van der Waals surface area contributed by atoms with E-state index in [9.17, 15) is 9.90 Å². The van der Waals surface area contributed by atoms with Crippen molar-refractivity contribution in [1.82, 2.24) is 19.6 Å². The van der Waals surface area contributed by atoms with Crippen molar-refractivity contribution in [2.75, 3.05) is 19.6 Å². The molecule has 148 valence electrons. The first-order valence-electron chi connectivity index (χ1n) is 10.4. The summed E-state index contributed by atoms with van der Waals surface area (Å²) in [5, 5.41) is 14.3. The molecule has 6 heteroatoms. The quantitative estimate of drug-likeness (QED) is 0.885. The summed E-state index contributed by atoms with van der Waals surface area (Å²) in [4.78, 5) is 18.0. The molecule has 3 unspecified atom stereocenters. The minimum atomic E-state index is 0.237. The van der Waals surface area contributed by atoms with E-state index in [-0.39, 0.29) is 11.8 Å². The fourth-order valence-corrected chi connectivity index (χ4v) is 5.73. The molecule has 1 amide bonds. The largest absolute Gasteiger partial charge is 0.508 e. The molecule has 6 nitrogen and oxygen atoms in total. The molecule has 4 fully saturated rings. The van der Waals surface area contributed by atoms with Crippen LogP contribution < -0.4 is 0 Å². The molecular weight excluding hydrogens is 352 g/mol. The maximum absolute atomic E-state index is 13.2. The van der Waals surface area contributed by atoms with E-state index in [1.54, 1.807) is 12.3 Å². The number of aromatic nitrogens is 2. The van der Waals surface area contributed by atoms with Crippen LogP contribution in [0.1, 0.15) is 36.4 Å². The molecule has 1 N–H and O–H groups in total. The Morgan fingerprint density at radius 3 is 2.75 bits per heavy atom. The van der Waals surface area contributed by atoms with Gasteiger partial charge in [0.1, 0.15) is 5.75 Å². The lowest BCUT2D eigenvalue weighted by molar-refractivity contribution is -0.136. The fourth-order valence-electron chi connectivity index (χ4n) is 5.73. The van der Waals surface area contributed by atoms with Crippen molar-refractivity contribution < 1.29 is 9.90 Å². The second-order valence-electron chi connectivity index (χ2n) is 8.55. The average molecular weight is 380 g/mol. The molecule has 4 aliphatic rings. The highest BCUT2D eigenvalue weighted by Crippen LogP contribution is 2.47. The number of piperidine rings is 3. The lowest BCUT2D eigenvalue weighted by atomic mass is 9.75. The molecule has 1 aromatic heterocycles. The smallest absolute Gasteiger partial charge is 0.224 e. The number of amides is 1. The first-order valence-corrected chi connectivity index (χ1v) is 10.4. The van der Waals surface area contributed by atoms with Crippen molar-refractivity contribution in [2.45, 2.75) is 50.7 Å². The number of benzene rings is 1. The van der Waals surface area contributed by atoms with Crippen LogP contribution in [0, 0.1) is 12.8 Å². The minimum Gasteiger partial charge on any atom is -0.508 e. The first kappa shape index (κ1) is 17.7. The van der Waals surface area contributed by atoms with Gasteiger partial charge in [-0.3, -0.25) is 14.4 Å². The van der Waals surface area contributed by atoms with Crippen molar-refractivity contribution in [2.24, 2.45) is 5.92 Å². The van der Waals surface area contributed by atoms with Crippen LogP contribution in [0.3, 0.4) is 0 Å². The second-order valence-corrected chi connectivity index (χ2v) is 8.55. The summed E-state index contributed by atoms with van der Waals surface area (Å²) < 4.78 is 1.91. The van der Waals surface area contributed by atoms with E-state index < -0.39 is 0 Å². The van der Waals surface area contributed by atoms with Crippen molar-refractivity contribution >= 4 is 5.91 Å². The molecule has 0 aliphatic carbocycles. The highest BCUT2D eigenvalue weighted by atomic mass is 16.3. The standard InChI is InChI=1S/C22H28N4O2/c1-15-5-9-23-26(15)12-8-20(28)25-14-19(17-3-2-4-18(27)13-17)22-21(25)16-6-10-24(22)11-7-16/h2-5,9,13,16,19,21-22,27H,6-8,10-12,14H2,1H3. The van der Waals surface area contributed by atoms with Crippen LogP contribution in [0.4, 0.5) is 0 Å². The van der Waals surface area contributed by atoms with Gasteiger partial charge in [0.05, 0.1) is 6.04 Å². The van der Waals surface area contributed by atoms with Crippen LogP contribution in [0.15, 0.2) is 36.5 Å². The van der Waals surface area contributed by atoms with E-state index in [1.807, 2.05) is 29.8 Å². The van der Waals surface area contributed by atoms with Crippen molar-refractivity contribution in [3.8, 4) is 5.75 Å². The maximum atomic E-state index is 13.2. The van der Waals surface area contributed by atoms with E-state index >= 15 is 0 Å². The van der Waals surface area contributed by atoms with Gasteiger partial charge in [-0.2, -0.15) is 5.10 Å². The third-order valence-electron chi connectivity index (χ3n) is 7.08. The molecule has 6 rings (SSSR count). The molecular formula is C22H28N4O2. The summed E-state index contributed by atoms with van der Waals surface area (Å²) in [7, 11) is 0. The molecule has 4 saturated heterocycles. The van der Waals surface area contributed by atoms with Crippen LogP contribution in [-0.4, -0.2) is 62.3 Å². The Hall–Kier alpha value is -2.34. The number of hydrogen-bond donors (Lipinski definition) is 1. The molecule has 1 aromatic carbocycles. The average Bonchev–Trinajstić information content (AvgIpc) is 3.32. The number of phenols is 1. The predicted molar refractivity (Wildman–Crippen MR) is 106 cm³/mol. The van der Waals surface area contributed by atoms with E-state index in [0.717, 1.165) is 30.9 Å². The number of fused-ring (bicyclic) bond motifs is 2. The number of likely N-dealkylation sites (tertiary alicyclic amines) is 1. The van der Waals surface area contributed by atoms with Crippen LogP contribution in [0.25, 0.3) is 0 Å². The topological polar surface area (TPSA) is 61.6 Å². The van der Waals surface area contributed by atoms with Gasteiger partial charge in [0, 0.05) is 43.4 Å². The zero-order valence-corrected chi connectivity index (χ0v) is 16.4. The maximum Gasteiger partial charge on any atom is 0.224 e. The van der Waals surface area contributed by atoms with E-state index in [4.69, 9.17) is 0 Å². The summed E-state index contributed by atoms with van der Waals surface area (Å²) in [6.07, 6.45) is 4.66. The number of hydrogen-bond acceptors (Lipinski definition) is 4. The lowest BCUT2D eigenvalue weighted by Crippen LogP contribution is -2.60. The van der Waals surface area contributed by atoms with Crippen LogP contribution in [0.5, 0.6) is 5.75 Å². The summed E-state index contributed by atoms with van der Waals surface area (Å²) in [5.41, 5.74) is 2.24. The van der Waals surface area contributed by atoms with Crippen LogP contribution in [0.2, 0.25) is 0 Å². The molecule has 0 saturated carbocycles. The predicted octanol–water partition coefficient (Wildman–Crippen LogP) is 2.38. The number of rotatable bonds is 4. The van der Waals surface area contributed by atoms with Gasteiger partial charge in [0.15, 0.2) is 0 Å². The van der Waals surface area contributed by atoms with E-state index in [2.05, 4.69) is 21.0 Å². The molecule has 5 heterocycles. The highest BCUT2D eigenvalue weighted by Gasteiger charge is 2.54. The Labute approximate surface area is 165 Å². The van der Waals surface area contributed by atoms with Gasteiger partial charge in [-0.05, 0) is 62.5 Å².